The highest BCUT2D eigenvalue weighted by Crippen LogP contribution is 2.04. The highest BCUT2D eigenvalue weighted by molar-refractivity contribution is 7.80. The molecule has 182 valence electrons. The zero-order chi connectivity index (χ0) is 25.1. The summed E-state index contributed by atoms with van der Waals surface area (Å²) >= 11 is 3.85. The van der Waals surface area contributed by atoms with Gasteiger partial charge in [-0.2, -0.15) is 12.6 Å². The Bertz CT molecular complexity index is 878. The van der Waals surface area contributed by atoms with Crippen LogP contribution in [-0.2, 0) is 35.2 Å². The first-order valence-corrected chi connectivity index (χ1v) is 9.99. The van der Waals surface area contributed by atoms with Crippen LogP contribution >= 0.6 is 12.6 Å². The monoisotopic (exact) mass is 488 g/mol. The molecule has 0 bridgehead atoms. The zero-order valence-electron chi connectivity index (χ0n) is 17.1. The van der Waals surface area contributed by atoms with Crippen LogP contribution in [0.25, 0.3) is 0 Å². The van der Waals surface area contributed by atoms with E-state index in [0.717, 1.165) is 0 Å². The predicted molar refractivity (Wildman–Crippen MR) is 112 cm³/mol. The second-order valence-corrected chi connectivity index (χ2v) is 7.15. The Morgan fingerprint density at radius 1 is 0.909 bits per heavy atom. The third-order valence-electron chi connectivity index (χ3n) is 4.15. The van der Waals surface area contributed by atoms with Crippen LogP contribution in [0.3, 0.4) is 0 Å². The van der Waals surface area contributed by atoms with Gasteiger partial charge in [0.2, 0.25) is 17.7 Å². The van der Waals surface area contributed by atoms with E-state index in [2.05, 4.69) is 33.2 Å². The Labute approximate surface area is 191 Å². The van der Waals surface area contributed by atoms with Crippen LogP contribution in [0, 0.1) is 0 Å². The van der Waals surface area contributed by atoms with Gasteiger partial charge in [-0.05, 0) is 0 Å². The number of hydrogen-bond donors (Lipinski definition) is 9. The van der Waals surface area contributed by atoms with Crippen molar-refractivity contribution in [1.29, 1.82) is 0 Å². The van der Waals surface area contributed by atoms with Gasteiger partial charge in [-0.3, -0.25) is 24.0 Å². The Balaban J connectivity index is 3.08. The highest BCUT2D eigenvalue weighted by atomic mass is 32.1. The van der Waals surface area contributed by atoms with Crippen molar-refractivity contribution in [2.24, 2.45) is 5.73 Å². The van der Waals surface area contributed by atoms with E-state index < -0.39 is 72.6 Å². The molecule has 1 rings (SSSR count). The van der Waals surface area contributed by atoms with Crippen LogP contribution in [0.15, 0.2) is 12.5 Å². The number of aromatic nitrogens is 2. The van der Waals surface area contributed by atoms with E-state index in [1.54, 1.807) is 0 Å². The smallest absolute Gasteiger partial charge is 0.326 e. The summed E-state index contributed by atoms with van der Waals surface area (Å²) in [6.07, 6.45) is 0.599. The summed E-state index contributed by atoms with van der Waals surface area (Å²) in [7, 11) is 0. The fourth-order valence-electron chi connectivity index (χ4n) is 2.49. The van der Waals surface area contributed by atoms with Crippen molar-refractivity contribution >= 4 is 48.3 Å². The average Bonchev–Trinajstić information content (AvgIpc) is 3.23. The number of imidazole rings is 1. The normalized spacial score (nSPS) is 14.2. The number of carbonyl (C=O) groups excluding carboxylic acids is 3. The van der Waals surface area contributed by atoms with E-state index in [1.165, 1.54) is 12.5 Å². The number of amides is 3. The Morgan fingerprint density at radius 3 is 1.91 bits per heavy atom. The first kappa shape index (κ1) is 27.4. The van der Waals surface area contributed by atoms with Crippen molar-refractivity contribution in [3.8, 4) is 0 Å². The lowest BCUT2D eigenvalue weighted by Crippen LogP contribution is -2.58. The van der Waals surface area contributed by atoms with Crippen molar-refractivity contribution in [3.05, 3.63) is 18.2 Å². The largest absolute Gasteiger partial charge is 0.481 e. The lowest BCUT2D eigenvalue weighted by atomic mass is 10.1. The third kappa shape index (κ3) is 9.56. The summed E-state index contributed by atoms with van der Waals surface area (Å²) in [6.45, 7) is 0. The van der Waals surface area contributed by atoms with Crippen molar-refractivity contribution < 1.29 is 44.1 Å². The number of rotatable bonds is 14. The molecule has 4 atom stereocenters. The molecule has 0 radical (unpaired) electrons. The number of nitrogens with zero attached hydrogens (tertiary/aromatic N) is 1. The maximum atomic E-state index is 12.7. The number of aromatic amines is 1. The number of hydrogen-bond acceptors (Lipinski definition) is 9. The summed E-state index contributed by atoms with van der Waals surface area (Å²) in [4.78, 5) is 77.1. The molecule has 0 saturated carbocycles. The lowest BCUT2D eigenvalue weighted by molar-refractivity contribution is -0.147. The predicted octanol–water partition coefficient (Wildman–Crippen LogP) is -3.30. The van der Waals surface area contributed by atoms with Gasteiger partial charge in [-0.25, -0.2) is 9.78 Å². The number of carboxylic acid groups (broad SMARTS) is 3. The van der Waals surface area contributed by atoms with Gasteiger partial charge in [-0.1, -0.05) is 0 Å². The van der Waals surface area contributed by atoms with Gasteiger partial charge in [0.1, 0.15) is 18.1 Å². The van der Waals surface area contributed by atoms with E-state index >= 15 is 0 Å². The van der Waals surface area contributed by atoms with Crippen molar-refractivity contribution in [2.45, 2.75) is 43.4 Å². The standard InChI is InChI=1S/C17H24N6O9S/c18-8(5-33)14(28)21-10(2-12(24)25)16(30)22-9(1-7-4-19-6-20-7)15(29)23-11(17(31)32)3-13(26)27/h4,6,8-11,33H,1-3,5,18H2,(H,19,20)(H,21,28)(H,22,30)(H,23,29)(H,24,25)(H,26,27)(H,31,32). The number of aliphatic carboxylic acids is 3. The summed E-state index contributed by atoms with van der Waals surface area (Å²) < 4.78 is 0. The molecule has 1 aromatic rings. The van der Waals surface area contributed by atoms with Crippen molar-refractivity contribution in [1.82, 2.24) is 25.9 Å². The molecule has 0 aromatic carbocycles. The molecular weight excluding hydrogens is 464 g/mol. The molecule has 4 unspecified atom stereocenters. The van der Waals surface area contributed by atoms with Crippen LogP contribution in [0.4, 0.5) is 0 Å². The quantitative estimate of drug-likeness (QED) is 0.117. The molecule has 1 aromatic heterocycles. The van der Waals surface area contributed by atoms with Crippen molar-refractivity contribution in [2.75, 3.05) is 5.75 Å². The number of nitrogens with one attached hydrogen (secondary N) is 4. The molecule has 0 aliphatic rings. The highest BCUT2D eigenvalue weighted by Gasteiger charge is 2.32. The fourth-order valence-corrected chi connectivity index (χ4v) is 2.66. The molecule has 0 fully saturated rings. The van der Waals surface area contributed by atoms with Gasteiger partial charge in [-0.15, -0.1) is 0 Å². The molecule has 16 heteroatoms. The van der Waals surface area contributed by atoms with Crippen LogP contribution in [0.5, 0.6) is 0 Å². The molecular formula is C17H24N6O9S. The molecule has 0 spiro atoms. The third-order valence-corrected chi connectivity index (χ3v) is 4.54. The minimum atomic E-state index is -1.79. The molecule has 0 saturated heterocycles. The maximum absolute atomic E-state index is 12.7. The summed E-state index contributed by atoms with van der Waals surface area (Å²) in [5.74, 6) is -7.60. The van der Waals surface area contributed by atoms with Gasteiger partial charge in [0.25, 0.3) is 0 Å². The number of carboxylic acids is 3. The topological polar surface area (TPSA) is 254 Å². The number of H-pyrrole nitrogens is 1. The Kier molecular flexibility index (Phi) is 10.8. The van der Waals surface area contributed by atoms with Gasteiger partial charge >= 0.3 is 17.9 Å². The summed E-state index contributed by atoms with van der Waals surface area (Å²) in [5.41, 5.74) is 5.86. The van der Waals surface area contributed by atoms with E-state index in [9.17, 15) is 28.8 Å². The minimum absolute atomic E-state index is 0.0851. The van der Waals surface area contributed by atoms with Gasteiger partial charge in [0.05, 0.1) is 25.2 Å². The second kappa shape index (κ2) is 13.0. The van der Waals surface area contributed by atoms with Gasteiger partial charge < -0.3 is 42.0 Å². The van der Waals surface area contributed by atoms with Crippen LogP contribution in [-0.4, -0.2) is 90.8 Å². The Morgan fingerprint density at radius 2 is 1.42 bits per heavy atom. The first-order chi connectivity index (χ1) is 15.4. The summed E-state index contributed by atoms with van der Waals surface area (Å²) in [6, 6.07) is -6.01. The number of carbonyl (C=O) groups is 6. The summed E-state index contributed by atoms with van der Waals surface area (Å²) in [5, 5.41) is 33.5. The Hall–Kier alpha value is -3.66. The zero-order valence-corrected chi connectivity index (χ0v) is 17.9. The lowest BCUT2D eigenvalue weighted by Gasteiger charge is -2.24. The molecule has 0 aliphatic heterocycles. The van der Waals surface area contributed by atoms with Gasteiger partial charge in [0.15, 0.2) is 0 Å². The fraction of sp³-hybridized carbons (Fsp3) is 0.471. The molecule has 33 heavy (non-hydrogen) atoms. The average molecular weight is 488 g/mol. The molecule has 9 N–H and O–H groups in total. The van der Waals surface area contributed by atoms with Gasteiger partial charge in [0, 0.05) is 24.1 Å². The number of nitrogens with two attached hydrogens (primary N) is 1. The molecule has 1 heterocycles. The van der Waals surface area contributed by atoms with E-state index in [0.29, 0.717) is 5.69 Å². The molecule has 3 amide bonds. The molecule has 0 aliphatic carbocycles. The van der Waals surface area contributed by atoms with E-state index in [-0.39, 0.29) is 12.2 Å². The first-order valence-electron chi connectivity index (χ1n) is 9.35. The van der Waals surface area contributed by atoms with E-state index in [1.807, 2.05) is 5.32 Å². The van der Waals surface area contributed by atoms with Crippen molar-refractivity contribution in [3.63, 3.8) is 0 Å². The van der Waals surface area contributed by atoms with Crippen LogP contribution in [0.1, 0.15) is 18.5 Å². The minimum Gasteiger partial charge on any atom is -0.481 e. The second-order valence-electron chi connectivity index (χ2n) is 6.79. The SMILES string of the molecule is NC(CS)C(=O)NC(CC(=O)O)C(=O)NC(Cc1cnc[nH]1)C(=O)NC(CC(=O)O)C(=O)O. The van der Waals surface area contributed by atoms with Crippen LogP contribution < -0.4 is 21.7 Å². The van der Waals surface area contributed by atoms with E-state index in [4.69, 9.17) is 21.1 Å². The molecule has 15 nitrogen and oxygen atoms in total. The maximum Gasteiger partial charge on any atom is 0.326 e. The van der Waals surface area contributed by atoms with Crippen LogP contribution in [0.2, 0.25) is 0 Å². The number of thiol groups is 1.